The number of aromatic nitrogens is 2. The fourth-order valence-corrected chi connectivity index (χ4v) is 13.5. The molecule has 0 amide bonds. The molecule has 17 aromatic rings. The Labute approximate surface area is 544 Å². The molecule has 0 saturated carbocycles. The molecule has 6 heterocycles. The predicted octanol–water partition coefficient (Wildman–Crippen LogP) is 20.4. The van der Waals surface area contributed by atoms with E-state index in [-0.39, 0.29) is 43.8 Å². The maximum absolute atomic E-state index is 11.1. The van der Waals surface area contributed by atoms with Gasteiger partial charge in [0.05, 0.1) is 52.2 Å². The van der Waals surface area contributed by atoms with Gasteiger partial charge in [-0.25, -0.2) is 0 Å². The van der Waals surface area contributed by atoms with E-state index in [0.29, 0.717) is 67.2 Å². The molecule has 0 N–H and O–H groups in total. The molecule has 6 nitrogen and oxygen atoms in total. The number of nitrogens with zero attached hydrogens (tertiary/aromatic N) is 4. The van der Waals surface area contributed by atoms with E-state index in [9.17, 15) is 19.2 Å². The summed E-state index contributed by atoms with van der Waals surface area (Å²) in [5.41, 5.74) is 3.45. The minimum atomic E-state index is -1.55. The molecular formula is C82H55BN4O2. The topological polar surface area (TPSA) is 42.6 Å². The Balaban J connectivity index is 0.971. The molecule has 2 aliphatic rings. The molecule has 0 bridgehead atoms. The van der Waals surface area contributed by atoms with Gasteiger partial charge in [0.2, 0.25) is 0 Å². The van der Waals surface area contributed by atoms with Crippen LogP contribution in [0.3, 0.4) is 0 Å². The minimum Gasteiger partial charge on any atom is -0.455 e. The summed E-state index contributed by atoms with van der Waals surface area (Å²) in [7, 11) is 0. The molecule has 19 rings (SSSR count). The summed E-state index contributed by atoms with van der Waals surface area (Å²) in [6, 6.07) is 29.7. The van der Waals surface area contributed by atoms with Crippen LogP contribution in [0.5, 0.6) is 0 Å². The second kappa shape index (κ2) is 18.6. The number of furan rings is 2. The van der Waals surface area contributed by atoms with Crippen molar-refractivity contribution in [3.05, 3.63) is 284 Å². The lowest BCUT2D eigenvalue weighted by Gasteiger charge is -2.45. The third-order valence-electron chi connectivity index (χ3n) is 17.6. The number of anilines is 6. The van der Waals surface area contributed by atoms with Crippen molar-refractivity contribution in [2.24, 2.45) is 0 Å². The van der Waals surface area contributed by atoms with Gasteiger partial charge in [-0.3, -0.25) is 0 Å². The highest BCUT2D eigenvalue weighted by Crippen LogP contribution is 2.49. The summed E-state index contributed by atoms with van der Waals surface area (Å²) < 4.78 is 228. The van der Waals surface area contributed by atoms with E-state index in [1.807, 2.05) is 142 Å². The number of hydrogen-bond donors (Lipinski definition) is 0. The zero-order chi connectivity index (χ0) is 77.9. The van der Waals surface area contributed by atoms with Crippen LogP contribution in [0.15, 0.2) is 287 Å². The molecule has 89 heavy (non-hydrogen) atoms. The molecular weight excluding hydrogens is 1080 g/mol. The first-order chi connectivity index (χ1) is 53.0. The Hall–Kier alpha value is -11.3. The normalized spacial score (nSPS) is 16.5. The molecule has 0 fully saturated rings. The maximum Gasteiger partial charge on any atom is 0.252 e. The number of rotatable bonds is 6. The number of para-hydroxylation sites is 8. The van der Waals surface area contributed by atoms with E-state index in [1.165, 1.54) is 0 Å². The molecule has 418 valence electrons. The molecule has 7 heteroatoms. The van der Waals surface area contributed by atoms with Crippen molar-refractivity contribution >= 4 is 145 Å². The lowest BCUT2D eigenvalue weighted by Crippen LogP contribution is -2.61. The highest BCUT2D eigenvalue weighted by atomic mass is 16.3. The quantitative estimate of drug-likeness (QED) is 0.156. The first-order valence-corrected chi connectivity index (χ1v) is 29.1. The van der Waals surface area contributed by atoms with Gasteiger partial charge in [-0.2, -0.15) is 0 Å². The highest BCUT2D eigenvalue weighted by molar-refractivity contribution is 7.00. The minimum absolute atomic E-state index is 0.151. The number of benzene rings is 13. The van der Waals surface area contributed by atoms with E-state index in [1.54, 1.807) is 34.1 Å². The van der Waals surface area contributed by atoms with Crippen molar-refractivity contribution in [2.45, 2.75) is 26.2 Å². The van der Waals surface area contributed by atoms with Gasteiger partial charge in [-0.15, -0.1) is 0 Å². The van der Waals surface area contributed by atoms with Crippen LogP contribution in [0, 0.1) is 0 Å². The van der Waals surface area contributed by atoms with Crippen molar-refractivity contribution in [3.63, 3.8) is 0 Å². The summed E-state index contributed by atoms with van der Waals surface area (Å²) in [5, 5.41) is 2.12. The lowest BCUT2D eigenvalue weighted by molar-refractivity contribution is 0.590. The van der Waals surface area contributed by atoms with Gasteiger partial charge in [-0.05, 0) is 135 Å². The van der Waals surface area contributed by atoms with Crippen molar-refractivity contribution in [3.8, 4) is 33.6 Å². The highest BCUT2D eigenvalue weighted by Gasteiger charge is 2.45. The van der Waals surface area contributed by atoms with Gasteiger partial charge in [0.1, 0.15) is 22.3 Å². The Bertz CT molecular complexity index is 6620. The molecule has 0 spiro atoms. The molecule has 0 atom stereocenters. The van der Waals surface area contributed by atoms with Gasteiger partial charge in [0.15, 0.2) is 0 Å². The summed E-state index contributed by atoms with van der Waals surface area (Å²) in [5.74, 6) is 0. The molecule has 4 aromatic heterocycles. The van der Waals surface area contributed by atoms with Crippen molar-refractivity contribution in [1.29, 1.82) is 0 Å². The molecule has 0 radical (unpaired) electrons. The average Bonchev–Trinajstić information content (AvgIpc) is 1.48. The number of hydrogen-bond acceptors (Lipinski definition) is 4. The third kappa shape index (κ3) is 7.27. The third-order valence-corrected chi connectivity index (χ3v) is 17.6. The van der Waals surface area contributed by atoms with Crippen molar-refractivity contribution in [1.82, 2.24) is 9.13 Å². The van der Waals surface area contributed by atoms with E-state index in [0.717, 1.165) is 41.8 Å². The van der Waals surface area contributed by atoms with E-state index >= 15 is 0 Å². The monoisotopic (exact) mass is 1160 g/mol. The Morgan fingerprint density at radius 2 is 0.742 bits per heavy atom. The fraction of sp³-hybridized carbons (Fsp3) is 0.0488. The zero-order valence-electron chi connectivity index (χ0n) is 69.5. The van der Waals surface area contributed by atoms with Crippen LogP contribution in [0.2, 0.25) is 0 Å². The largest absolute Gasteiger partial charge is 0.455 e. The van der Waals surface area contributed by atoms with Gasteiger partial charge >= 0.3 is 0 Å². The lowest BCUT2D eigenvalue weighted by atomic mass is 9.33. The van der Waals surface area contributed by atoms with Gasteiger partial charge in [0, 0.05) is 99.7 Å². The first-order valence-electron chi connectivity index (χ1n) is 40.1. The van der Waals surface area contributed by atoms with Gasteiger partial charge in [0.25, 0.3) is 6.71 Å². The van der Waals surface area contributed by atoms with Crippen LogP contribution in [0.4, 0.5) is 34.1 Å². The smallest absolute Gasteiger partial charge is 0.252 e. The Morgan fingerprint density at radius 3 is 1.15 bits per heavy atom. The van der Waals surface area contributed by atoms with E-state index < -0.39 is 179 Å². The molecule has 0 aliphatic carbocycles. The van der Waals surface area contributed by atoms with Crippen LogP contribution in [0.25, 0.3) is 121 Å². The first kappa shape index (κ1) is 33.0. The molecule has 0 saturated heterocycles. The Kier molecular flexibility index (Phi) is 6.91. The SMILES string of the molecule is [2H]c1c([2H])c(-n2c3c([2H])c([2H])c([2H])c([2H])c3c3c([2H])c([2H])c([2H])c([2H])c32)c([2H])c2c1B1c3c(cc(C(C)(C)C)cc3N(c3ccc(-c4cccc5c4oc4ccccc45)cc3)c3c([2H])c(-n4c5c([2H])c([2H])c([2H])c([2H])c5c5c([2H])c([2H])c([2H])c([2H])c54)c([2H])c([2H])c31)N2c1ccc(-c2cccc3c2oc2ccccc23)cc1. The fourth-order valence-electron chi connectivity index (χ4n) is 13.5. The summed E-state index contributed by atoms with van der Waals surface area (Å²) in [6.07, 6.45) is 0. The maximum atomic E-state index is 11.1. The molecule has 13 aromatic carbocycles. The standard InChI is InChI=1S/C82H55BN4O2/c1-82(2,3)52-46-75-79-76(47-52)85(54-40-36-51(37-41-54)58-25-17-27-66-64-23-9-15-33-78(64)89-81(58)66)74-49-56(87-71-30-12-6-20-61(71)62-21-7-13-31-72(62)87)43-45-68(74)83(79)67-44-42-55(86-69-28-10-4-18-59(69)60-19-5-11-29-70(60)86)48-73(67)84(75)53-38-34-50(35-39-53)57-24-16-26-65-63-22-8-14-32-77(63)88-80(57)65/h4-49H,1-3H3/i4D,5D,6D,7D,10D,11D,12D,13D,18D,19D,20D,21D,28D,29D,30D,31D,42D,43D,44D,45D,48D,49D. The summed E-state index contributed by atoms with van der Waals surface area (Å²) in [4.78, 5) is 3.46. The zero-order valence-corrected chi connectivity index (χ0v) is 47.5. The summed E-state index contributed by atoms with van der Waals surface area (Å²) in [6.45, 7) is 4.38. The Morgan fingerprint density at radius 1 is 0.360 bits per heavy atom. The van der Waals surface area contributed by atoms with Gasteiger partial charge in [-0.1, -0.05) is 202 Å². The predicted molar refractivity (Wildman–Crippen MR) is 373 cm³/mol. The molecule has 2 aliphatic heterocycles. The van der Waals surface area contributed by atoms with Crippen LogP contribution >= 0.6 is 0 Å². The van der Waals surface area contributed by atoms with Crippen LogP contribution in [0.1, 0.15) is 56.5 Å². The summed E-state index contributed by atoms with van der Waals surface area (Å²) >= 11 is 0. The number of fused-ring (bicyclic) bond motifs is 16. The second-order valence-corrected chi connectivity index (χ2v) is 23.5. The van der Waals surface area contributed by atoms with Crippen molar-refractivity contribution < 1.29 is 39.0 Å². The van der Waals surface area contributed by atoms with Crippen LogP contribution in [-0.4, -0.2) is 15.8 Å². The van der Waals surface area contributed by atoms with E-state index in [4.69, 9.17) is 19.8 Å². The van der Waals surface area contributed by atoms with E-state index in [2.05, 4.69) is 0 Å². The average molecular weight is 1160 g/mol. The van der Waals surface area contributed by atoms with Crippen LogP contribution < -0.4 is 26.2 Å². The van der Waals surface area contributed by atoms with Crippen molar-refractivity contribution in [2.75, 3.05) is 9.80 Å². The second-order valence-electron chi connectivity index (χ2n) is 23.5. The van der Waals surface area contributed by atoms with Gasteiger partial charge < -0.3 is 27.8 Å². The van der Waals surface area contributed by atoms with Crippen LogP contribution in [-0.2, 0) is 5.41 Å². The molecule has 0 unspecified atom stereocenters.